The van der Waals surface area contributed by atoms with Crippen LogP contribution < -0.4 is 0 Å². The number of hydrogen-bond donors (Lipinski definition) is 0. The largest absolute Gasteiger partial charge is 0.391 e. The molecule has 0 aromatic heterocycles. The Morgan fingerprint density at radius 1 is 1.00 bits per heavy atom. The predicted octanol–water partition coefficient (Wildman–Crippen LogP) is 4.54. The Morgan fingerprint density at radius 2 is 1.72 bits per heavy atom. The van der Waals surface area contributed by atoms with Gasteiger partial charge in [-0.25, -0.2) is 0 Å². The number of oxime groups is 1. The molecule has 0 amide bonds. The lowest BCUT2D eigenvalue weighted by molar-refractivity contribution is 0.132. The van der Waals surface area contributed by atoms with Crippen molar-refractivity contribution in [2.75, 3.05) is 0 Å². The Morgan fingerprint density at radius 3 is 2.44 bits per heavy atom. The molecule has 0 aliphatic heterocycles. The quantitative estimate of drug-likeness (QED) is 0.595. The van der Waals surface area contributed by atoms with Crippen LogP contribution in [0.2, 0.25) is 10.0 Å². The molecule has 0 unspecified atom stereocenters. The number of nitrogens with zero attached hydrogens (tertiary/aromatic N) is 1. The number of hydrogen-bond acceptors (Lipinski definition) is 2. The van der Waals surface area contributed by atoms with E-state index in [1.54, 1.807) is 18.3 Å². The van der Waals surface area contributed by atoms with Gasteiger partial charge < -0.3 is 4.84 Å². The highest BCUT2D eigenvalue weighted by Gasteiger charge is 1.97. The van der Waals surface area contributed by atoms with Crippen LogP contribution >= 0.6 is 23.2 Å². The maximum Gasteiger partial charge on any atom is 0.143 e. The van der Waals surface area contributed by atoms with E-state index in [9.17, 15) is 0 Å². The molecule has 2 nitrogen and oxygen atoms in total. The molecule has 92 valence electrons. The lowest BCUT2D eigenvalue weighted by Gasteiger charge is -2.01. The summed E-state index contributed by atoms with van der Waals surface area (Å²) in [7, 11) is 0. The molecule has 0 heterocycles. The number of halogens is 2. The van der Waals surface area contributed by atoms with Crippen LogP contribution in [0.25, 0.3) is 0 Å². The second-order valence-electron chi connectivity index (χ2n) is 3.65. The van der Waals surface area contributed by atoms with Gasteiger partial charge in [-0.3, -0.25) is 0 Å². The van der Waals surface area contributed by atoms with Gasteiger partial charge in [0, 0.05) is 15.6 Å². The van der Waals surface area contributed by atoms with Crippen LogP contribution in [0.15, 0.2) is 53.7 Å². The van der Waals surface area contributed by atoms with Crippen molar-refractivity contribution in [3.05, 3.63) is 69.7 Å². The minimum absolute atomic E-state index is 0.351. The molecule has 0 saturated carbocycles. The molecule has 0 fully saturated rings. The van der Waals surface area contributed by atoms with E-state index in [-0.39, 0.29) is 0 Å². The maximum atomic E-state index is 5.99. The topological polar surface area (TPSA) is 21.6 Å². The van der Waals surface area contributed by atoms with Crippen LogP contribution in [-0.4, -0.2) is 6.21 Å². The first kappa shape index (κ1) is 12.9. The first-order valence-corrected chi connectivity index (χ1v) is 6.15. The zero-order valence-electron chi connectivity index (χ0n) is 9.51. The summed E-state index contributed by atoms with van der Waals surface area (Å²) in [5, 5.41) is 5.26. The van der Waals surface area contributed by atoms with Gasteiger partial charge in [0.2, 0.25) is 0 Å². The molecule has 0 N–H and O–H groups in total. The number of rotatable bonds is 4. The smallest absolute Gasteiger partial charge is 0.143 e. The van der Waals surface area contributed by atoms with Crippen LogP contribution in [0.3, 0.4) is 0 Å². The SMILES string of the molecule is Clc1ccc(/C=N/OCc2ccccc2Cl)cc1. The normalized spacial score (nSPS) is 10.8. The van der Waals surface area contributed by atoms with Gasteiger partial charge in [0.25, 0.3) is 0 Å². The van der Waals surface area contributed by atoms with Crippen molar-refractivity contribution in [2.24, 2.45) is 5.16 Å². The zero-order valence-corrected chi connectivity index (χ0v) is 11.0. The molecule has 0 aliphatic carbocycles. The first-order valence-electron chi connectivity index (χ1n) is 5.40. The Balaban J connectivity index is 1.89. The van der Waals surface area contributed by atoms with Gasteiger partial charge in [-0.1, -0.05) is 58.7 Å². The third kappa shape index (κ3) is 3.76. The molecular formula is C14H11Cl2NO. The molecule has 2 aromatic carbocycles. The summed E-state index contributed by atoms with van der Waals surface area (Å²) < 4.78 is 0. The Labute approximate surface area is 116 Å². The van der Waals surface area contributed by atoms with Crippen LogP contribution in [0.1, 0.15) is 11.1 Å². The lowest BCUT2D eigenvalue weighted by atomic mass is 10.2. The molecule has 0 spiro atoms. The molecule has 4 heteroatoms. The summed E-state index contributed by atoms with van der Waals surface area (Å²) in [6.07, 6.45) is 1.63. The van der Waals surface area contributed by atoms with E-state index in [1.807, 2.05) is 36.4 Å². The second-order valence-corrected chi connectivity index (χ2v) is 4.49. The minimum Gasteiger partial charge on any atom is -0.391 e. The molecular weight excluding hydrogens is 269 g/mol. The zero-order chi connectivity index (χ0) is 12.8. The van der Waals surface area contributed by atoms with E-state index in [0.717, 1.165) is 11.1 Å². The summed E-state index contributed by atoms with van der Waals surface area (Å²) in [4.78, 5) is 5.19. The summed E-state index contributed by atoms with van der Waals surface area (Å²) >= 11 is 11.8. The summed E-state index contributed by atoms with van der Waals surface area (Å²) in [6.45, 7) is 0.351. The Hall–Kier alpha value is -1.51. The van der Waals surface area contributed by atoms with E-state index in [4.69, 9.17) is 28.0 Å². The third-order valence-electron chi connectivity index (χ3n) is 2.32. The van der Waals surface area contributed by atoms with E-state index in [2.05, 4.69) is 5.16 Å². The third-order valence-corrected chi connectivity index (χ3v) is 2.94. The maximum absolute atomic E-state index is 5.99. The second kappa shape index (κ2) is 6.43. The van der Waals surface area contributed by atoms with Crippen LogP contribution in [0.4, 0.5) is 0 Å². The fourth-order valence-corrected chi connectivity index (χ4v) is 1.69. The fraction of sp³-hybridized carbons (Fsp3) is 0.0714. The molecule has 2 rings (SSSR count). The summed E-state index contributed by atoms with van der Waals surface area (Å²) in [5.74, 6) is 0. The van der Waals surface area contributed by atoms with E-state index in [0.29, 0.717) is 16.7 Å². The highest BCUT2D eigenvalue weighted by molar-refractivity contribution is 6.31. The van der Waals surface area contributed by atoms with Crippen molar-refractivity contribution in [1.29, 1.82) is 0 Å². The highest BCUT2D eigenvalue weighted by atomic mass is 35.5. The Bertz CT molecular complexity index is 538. The van der Waals surface area contributed by atoms with E-state index in [1.165, 1.54) is 0 Å². The van der Waals surface area contributed by atoms with Gasteiger partial charge in [0.05, 0.1) is 6.21 Å². The predicted molar refractivity (Wildman–Crippen MR) is 75.3 cm³/mol. The average molecular weight is 280 g/mol. The van der Waals surface area contributed by atoms with Crippen LogP contribution in [0, 0.1) is 0 Å². The molecule has 0 aliphatic rings. The molecule has 18 heavy (non-hydrogen) atoms. The van der Waals surface area contributed by atoms with Crippen molar-refractivity contribution in [3.8, 4) is 0 Å². The summed E-state index contributed by atoms with van der Waals surface area (Å²) in [5.41, 5.74) is 1.84. The van der Waals surface area contributed by atoms with Gasteiger partial charge >= 0.3 is 0 Å². The molecule has 0 radical (unpaired) electrons. The average Bonchev–Trinajstić information content (AvgIpc) is 2.39. The summed E-state index contributed by atoms with van der Waals surface area (Å²) in [6, 6.07) is 14.9. The van der Waals surface area contributed by atoms with Gasteiger partial charge in [0.1, 0.15) is 6.61 Å². The Kier molecular flexibility index (Phi) is 4.62. The lowest BCUT2D eigenvalue weighted by Crippen LogP contribution is -1.89. The molecule has 2 aromatic rings. The standard InChI is InChI=1S/C14H11Cl2NO/c15-13-7-5-11(6-8-13)9-17-18-10-12-3-1-2-4-14(12)16/h1-9H,10H2/b17-9+. The molecule has 0 atom stereocenters. The van der Waals surface area contributed by atoms with Crippen molar-refractivity contribution < 1.29 is 4.84 Å². The first-order chi connectivity index (χ1) is 8.75. The molecule has 0 bridgehead atoms. The fourth-order valence-electron chi connectivity index (χ4n) is 1.37. The van der Waals surface area contributed by atoms with Gasteiger partial charge in [0.15, 0.2) is 0 Å². The number of benzene rings is 2. The van der Waals surface area contributed by atoms with Crippen molar-refractivity contribution >= 4 is 29.4 Å². The van der Waals surface area contributed by atoms with Crippen LogP contribution in [0.5, 0.6) is 0 Å². The van der Waals surface area contributed by atoms with Crippen LogP contribution in [-0.2, 0) is 11.4 Å². The minimum atomic E-state index is 0.351. The molecule has 0 saturated heterocycles. The van der Waals surface area contributed by atoms with Gasteiger partial charge in [-0.15, -0.1) is 0 Å². The van der Waals surface area contributed by atoms with Crippen molar-refractivity contribution in [1.82, 2.24) is 0 Å². The van der Waals surface area contributed by atoms with Gasteiger partial charge in [-0.05, 0) is 23.8 Å². The van der Waals surface area contributed by atoms with E-state index < -0.39 is 0 Å². The van der Waals surface area contributed by atoms with Crippen molar-refractivity contribution in [2.45, 2.75) is 6.61 Å². The monoisotopic (exact) mass is 279 g/mol. The van der Waals surface area contributed by atoms with Gasteiger partial charge in [-0.2, -0.15) is 0 Å². The van der Waals surface area contributed by atoms with Crippen molar-refractivity contribution in [3.63, 3.8) is 0 Å². The highest BCUT2D eigenvalue weighted by Crippen LogP contribution is 2.15. The van der Waals surface area contributed by atoms with E-state index >= 15 is 0 Å².